The van der Waals surface area contributed by atoms with Gasteiger partial charge in [0.25, 0.3) is 0 Å². The zero-order chi connectivity index (χ0) is 23.2. The number of benzene rings is 2. The number of nitrogens with zero attached hydrogens (tertiary/aromatic N) is 2. The summed E-state index contributed by atoms with van der Waals surface area (Å²) >= 11 is 0. The Morgan fingerprint density at radius 3 is 1.73 bits per heavy atom. The molecule has 0 spiro atoms. The van der Waals surface area contributed by atoms with Crippen LogP contribution in [0.1, 0.15) is 102 Å². The quantitative estimate of drug-likeness (QED) is 0.143. The van der Waals surface area contributed by atoms with E-state index in [-0.39, 0.29) is 16.5 Å². The van der Waals surface area contributed by atoms with Gasteiger partial charge in [-0.3, -0.25) is 9.98 Å². The number of aryl methyl sites for hydroxylation is 4. The molecule has 3 heteroatoms. The molecule has 2 rings (SSSR count). The molecule has 0 N–H and O–H groups in total. The van der Waals surface area contributed by atoms with Gasteiger partial charge in [0.05, 0.1) is 17.1 Å². The molecule has 2 nitrogen and oxygen atoms in total. The second-order valence-electron chi connectivity index (χ2n) is 8.70. The molecule has 2 aromatic rings. The second kappa shape index (κ2) is 16.8. The maximum absolute atomic E-state index is 5.04. The van der Waals surface area contributed by atoms with Crippen LogP contribution in [0.5, 0.6) is 0 Å². The smallest absolute Gasteiger partial charge is 0.0636 e. The molecule has 0 amide bonds. The van der Waals surface area contributed by atoms with Crippen molar-refractivity contribution in [1.29, 1.82) is 0 Å². The van der Waals surface area contributed by atoms with Crippen molar-refractivity contribution >= 4 is 23.3 Å². The third-order valence-electron chi connectivity index (χ3n) is 6.33. The maximum atomic E-state index is 5.04. The van der Waals surface area contributed by atoms with Gasteiger partial charge in [-0.05, 0) is 85.0 Å². The first-order chi connectivity index (χ1) is 15.6. The zero-order valence-electron chi connectivity index (χ0n) is 21.5. The fourth-order valence-corrected chi connectivity index (χ4v) is 4.27. The molecule has 0 aliphatic rings. The Balaban J connectivity index is 0.00000544. The van der Waals surface area contributed by atoms with Crippen LogP contribution in [-0.2, 0) is 42.2 Å². The second-order valence-corrected chi connectivity index (χ2v) is 8.70. The fraction of sp³-hybridized carbons (Fsp3) is 0.533. The van der Waals surface area contributed by atoms with Crippen LogP contribution in [0, 0.1) is 0 Å². The Kier molecular flexibility index (Phi) is 14.9. The minimum atomic E-state index is 0. The predicted octanol–water partition coefficient (Wildman–Crippen LogP) is 9.16. The molecule has 0 unspecified atom stereocenters. The standard InChI is InChI=1S/C30H44N2.Ni/c1-6-11-12-13-14-15-16-30(32-29-20-18-25(8-3)27(10-5)22-29)23-31-28-19-17-24(7-2)26(9-4)21-28;/h17-23H,6-16H2,1-5H3;. The van der Waals surface area contributed by atoms with Gasteiger partial charge in [0.15, 0.2) is 0 Å². The molecule has 0 aliphatic heterocycles. The average Bonchev–Trinajstić information content (AvgIpc) is 2.83. The Bertz CT molecular complexity index is 883. The molecule has 0 bridgehead atoms. The third kappa shape index (κ3) is 9.97. The van der Waals surface area contributed by atoms with E-state index in [2.05, 4.69) is 71.0 Å². The Morgan fingerprint density at radius 2 is 1.15 bits per heavy atom. The van der Waals surface area contributed by atoms with E-state index in [9.17, 15) is 0 Å². The van der Waals surface area contributed by atoms with E-state index < -0.39 is 0 Å². The summed E-state index contributed by atoms with van der Waals surface area (Å²) in [5.41, 5.74) is 8.85. The summed E-state index contributed by atoms with van der Waals surface area (Å²) in [5, 5.41) is 0. The van der Waals surface area contributed by atoms with Crippen molar-refractivity contribution in [3.63, 3.8) is 0 Å². The van der Waals surface area contributed by atoms with E-state index in [0.29, 0.717) is 0 Å². The number of unbranched alkanes of at least 4 members (excludes halogenated alkanes) is 5. The molecule has 33 heavy (non-hydrogen) atoms. The summed E-state index contributed by atoms with van der Waals surface area (Å²) in [4.78, 5) is 9.87. The first kappa shape index (κ1) is 29.3. The zero-order valence-corrected chi connectivity index (χ0v) is 22.5. The Morgan fingerprint density at radius 1 is 0.636 bits per heavy atom. The van der Waals surface area contributed by atoms with E-state index in [1.807, 2.05) is 6.21 Å². The predicted molar refractivity (Wildman–Crippen MR) is 144 cm³/mol. The van der Waals surface area contributed by atoms with Gasteiger partial charge >= 0.3 is 0 Å². The summed E-state index contributed by atoms with van der Waals surface area (Å²) < 4.78 is 0. The molecule has 0 fully saturated rings. The van der Waals surface area contributed by atoms with Crippen LogP contribution in [0.25, 0.3) is 0 Å². The van der Waals surface area contributed by atoms with Crippen molar-refractivity contribution < 1.29 is 16.5 Å². The van der Waals surface area contributed by atoms with Gasteiger partial charge < -0.3 is 0 Å². The number of rotatable bonds is 14. The van der Waals surface area contributed by atoms with Crippen LogP contribution in [0.2, 0.25) is 0 Å². The van der Waals surface area contributed by atoms with Gasteiger partial charge in [-0.15, -0.1) is 0 Å². The first-order valence-electron chi connectivity index (χ1n) is 13.0. The Labute approximate surface area is 213 Å². The fourth-order valence-electron chi connectivity index (χ4n) is 4.27. The van der Waals surface area contributed by atoms with Crippen LogP contribution < -0.4 is 0 Å². The maximum Gasteiger partial charge on any atom is 0.0636 e. The summed E-state index contributed by atoms with van der Waals surface area (Å²) in [6.45, 7) is 11.2. The van der Waals surface area contributed by atoms with Crippen LogP contribution in [-0.4, -0.2) is 11.9 Å². The van der Waals surface area contributed by atoms with E-state index in [1.54, 1.807) is 0 Å². The SMILES string of the molecule is CCCCCCCCC(C=Nc1ccc(CC)c(CC)c1)=Nc1ccc(CC)c(CC)c1.[Ni]. The van der Waals surface area contributed by atoms with E-state index >= 15 is 0 Å². The van der Waals surface area contributed by atoms with Gasteiger partial charge in [0.2, 0.25) is 0 Å². The minimum Gasteiger partial charge on any atom is -0.255 e. The largest absolute Gasteiger partial charge is 0.255 e. The van der Waals surface area contributed by atoms with Crippen LogP contribution >= 0.6 is 0 Å². The van der Waals surface area contributed by atoms with Crippen molar-refractivity contribution in [2.45, 2.75) is 105 Å². The van der Waals surface area contributed by atoms with Crippen molar-refractivity contribution in [2.75, 3.05) is 0 Å². The molecule has 0 heterocycles. The Hall–Kier alpha value is -1.73. The first-order valence-corrected chi connectivity index (χ1v) is 13.0. The van der Waals surface area contributed by atoms with Gasteiger partial charge in [0.1, 0.15) is 0 Å². The van der Waals surface area contributed by atoms with Crippen molar-refractivity contribution in [1.82, 2.24) is 0 Å². The van der Waals surface area contributed by atoms with Crippen molar-refractivity contribution in [2.24, 2.45) is 9.98 Å². The summed E-state index contributed by atoms with van der Waals surface area (Å²) in [7, 11) is 0. The molecule has 0 saturated carbocycles. The van der Waals surface area contributed by atoms with Crippen LogP contribution in [0.15, 0.2) is 46.4 Å². The van der Waals surface area contributed by atoms with E-state index in [0.717, 1.165) is 49.2 Å². The molecule has 184 valence electrons. The van der Waals surface area contributed by atoms with Gasteiger partial charge in [-0.2, -0.15) is 0 Å². The molecule has 0 radical (unpaired) electrons. The molecule has 0 saturated heterocycles. The van der Waals surface area contributed by atoms with Gasteiger partial charge in [-0.25, -0.2) is 0 Å². The molecule has 2 aromatic carbocycles. The van der Waals surface area contributed by atoms with Gasteiger partial charge in [0, 0.05) is 22.7 Å². The molecular weight excluding hydrogens is 447 g/mol. The number of hydrogen-bond donors (Lipinski definition) is 0. The number of aliphatic imine (C=N–C) groups is 2. The normalized spacial score (nSPS) is 11.7. The topological polar surface area (TPSA) is 24.7 Å². The molecule has 0 aliphatic carbocycles. The van der Waals surface area contributed by atoms with Crippen molar-refractivity contribution in [3.8, 4) is 0 Å². The summed E-state index contributed by atoms with van der Waals surface area (Å²) in [6.07, 6.45) is 15.0. The summed E-state index contributed by atoms with van der Waals surface area (Å²) in [6, 6.07) is 13.3. The van der Waals surface area contributed by atoms with E-state index in [4.69, 9.17) is 9.98 Å². The van der Waals surface area contributed by atoms with E-state index in [1.165, 1.54) is 60.8 Å². The monoisotopic (exact) mass is 490 g/mol. The molecular formula is C30H44N2Ni. The minimum absolute atomic E-state index is 0. The average molecular weight is 491 g/mol. The van der Waals surface area contributed by atoms with Crippen LogP contribution in [0.4, 0.5) is 11.4 Å². The molecule has 0 atom stereocenters. The summed E-state index contributed by atoms with van der Waals surface area (Å²) in [5.74, 6) is 0. The molecule has 0 aromatic heterocycles. The number of hydrogen-bond acceptors (Lipinski definition) is 2. The van der Waals surface area contributed by atoms with Crippen molar-refractivity contribution in [3.05, 3.63) is 58.7 Å². The van der Waals surface area contributed by atoms with Gasteiger partial charge in [-0.1, -0.05) is 78.9 Å². The van der Waals surface area contributed by atoms with Crippen LogP contribution in [0.3, 0.4) is 0 Å². The third-order valence-corrected chi connectivity index (χ3v) is 6.33.